The Labute approximate surface area is 237 Å². The third-order valence-electron chi connectivity index (χ3n) is 6.97. The summed E-state index contributed by atoms with van der Waals surface area (Å²) >= 11 is 6.47. The van der Waals surface area contributed by atoms with Gasteiger partial charge in [-0.2, -0.15) is 5.26 Å². The van der Waals surface area contributed by atoms with E-state index in [1.54, 1.807) is 12.1 Å². The first-order chi connectivity index (χ1) is 19.6. The van der Waals surface area contributed by atoms with Gasteiger partial charge in [-0.1, -0.05) is 29.8 Å². The molecule has 210 valence electrons. The number of pyridine rings is 2. The molecule has 1 saturated heterocycles. The van der Waals surface area contributed by atoms with E-state index < -0.39 is 60.4 Å². The molecule has 9 nitrogen and oxygen atoms in total. The van der Waals surface area contributed by atoms with E-state index in [1.807, 2.05) is 6.07 Å². The first kappa shape index (κ1) is 28.0. The highest BCUT2D eigenvalue weighted by Gasteiger charge is 2.48. The Bertz CT molecular complexity index is 1560. The second-order valence-electron chi connectivity index (χ2n) is 9.80. The average molecular weight is 583 g/mol. The number of amides is 3. The topological polar surface area (TPSA) is 119 Å². The van der Waals surface area contributed by atoms with Crippen molar-refractivity contribution in [3.8, 4) is 6.07 Å². The van der Waals surface area contributed by atoms with E-state index in [9.17, 15) is 32.8 Å². The predicted molar refractivity (Wildman–Crippen MR) is 141 cm³/mol. The molecule has 1 N–H and O–H groups in total. The highest BCUT2D eigenvalue weighted by molar-refractivity contribution is 6.31. The van der Waals surface area contributed by atoms with E-state index in [4.69, 9.17) is 11.6 Å². The minimum atomic E-state index is -2.92. The molecule has 5 rings (SSSR count). The van der Waals surface area contributed by atoms with Gasteiger partial charge in [0.2, 0.25) is 11.8 Å². The zero-order valence-corrected chi connectivity index (χ0v) is 22.1. The summed E-state index contributed by atoms with van der Waals surface area (Å²) in [6.45, 7) is 0. The van der Waals surface area contributed by atoms with Crippen molar-refractivity contribution in [1.29, 1.82) is 5.26 Å². The van der Waals surface area contributed by atoms with Crippen LogP contribution in [-0.4, -0.2) is 45.7 Å². The van der Waals surface area contributed by atoms with Crippen LogP contribution in [0, 0.1) is 17.1 Å². The molecule has 2 aliphatic rings. The Morgan fingerprint density at radius 1 is 1.20 bits per heavy atom. The molecule has 41 heavy (non-hydrogen) atoms. The second-order valence-corrected chi connectivity index (χ2v) is 10.2. The number of halogens is 4. The summed E-state index contributed by atoms with van der Waals surface area (Å²) < 4.78 is 41.6. The Morgan fingerprint density at radius 3 is 2.63 bits per heavy atom. The molecule has 0 bridgehead atoms. The van der Waals surface area contributed by atoms with E-state index in [0.29, 0.717) is 0 Å². The van der Waals surface area contributed by atoms with E-state index in [0.717, 1.165) is 22.1 Å². The maximum Gasteiger partial charge on any atom is 0.252 e. The molecule has 1 saturated carbocycles. The number of nitriles is 1. The number of nitrogens with zero attached hydrogens (tertiary/aromatic N) is 5. The largest absolute Gasteiger partial charge is 0.351 e. The van der Waals surface area contributed by atoms with Crippen LogP contribution in [0.4, 0.5) is 24.7 Å². The number of anilines is 2. The maximum atomic E-state index is 14.4. The molecule has 1 aromatic carbocycles. The molecule has 1 aliphatic heterocycles. The van der Waals surface area contributed by atoms with Crippen molar-refractivity contribution >= 4 is 40.8 Å². The molecule has 2 atom stereocenters. The van der Waals surface area contributed by atoms with Gasteiger partial charge in [0.1, 0.15) is 23.7 Å². The Morgan fingerprint density at radius 2 is 1.95 bits per heavy atom. The third-order valence-corrected chi connectivity index (χ3v) is 7.31. The number of nitrogens with one attached hydrogen (secondary N) is 1. The normalized spacial score (nSPS) is 18.8. The van der Waals surface area contributed by atoms with Crippen molar-refractivity contribution in [1.82, 2.24) is 15.3 Å². The quantitative estimate of drug-likeness (QED) is 0.443. The molecule has 0 radical (unpaired) electrons. The van der Waals surface area contributed by atoms with Crippen molar-refractivity contribution in [2.75, 3.05) is 9.80 Å². The van der Waals surface area contributed by atoms with Crippen LogP contribution in [0.5, 0.6) is 0 Å². The summed E-state index contributed by atoms with van der Waals surface area (Å²) in [6, 6.07) is 8.32. The summed E-state index contributed by atoms with van der Waals surface area (Å²) in [5.41, 5.74) is 0.237. The van der Waals surface area contributed by atoms with Gasteiger partial charge in [0.15, 0.2) is 0 Å². The summed E-state index contributed by atoms with van der Waals surface area (Å²) in [7, 11) is 0. The minimum Gasteiger partial charge on any atom is -0.351 e. The maximum absolute atomic E-state index is 14.4. The number of aromatic nitrogens is 2. The van der Waals surface area contributed by atoms with Crippen LogP contribution in [0.1, 0.15) is 42.9 Å². The zero-order valence-electron chi connectivity index (χ0n) is 21.3. The van der Waals surface area contributed by atoms with Crippen LogP contribution in [0.3, 0.4) is 0 Å². The van der Waals surface area contributed by atoms with Gasteiger partial charge in [-0.05, 0) is 24.6 Å². The molecule has 2 fully saturated rings. The smallest absolute Gasteiger partial charge is 0.252 e. The molecule has 3 heterocycles. The van der Waals surface area contributed by atoms with E-state index in [2.05, 4.69) is 15.3 Å². The van der Waals surface area contributed by atoms with Gasteiger partial charge in [-0.15, -0.1) is 0 Å². The van der Waals surface area contributed by atoms with Gasteiger partial charge < -0.3 is 5.32 Å². The first-order valence-electron chi connectivity index (χ1n) is 12.6. The van der Waals surface area contributed by atoms with E-state index in [1.165, 1.54) is 36.7 Å². The number of carbonyl (C=O) groups is 3. The lowest BCUT2D eigenvalue weighted by atomic mass is 9.87. The first-order valence-corrected chi connectivity index (χ1v) is 13.0. The average Bonchev–Trinajstić information content (AvgIpc) is 3.32. The van der Waals surface area contributed by atoms with Crippen molar-refractivity contribution in [3.63, 3.8) is 0 Å². The van der Waals surface area contributed by atoms with Crippen LogP contribution in [-0.2, 0) is 14.4 Å². The van der Waals surface area contributed by atoms with E-state index >= 15 is 0 Å². The third kappa shape index (κ3) is 5.71. The highest BCUT2D eigenvalue weighted by atomic mass is 35.5. The van der Waals surface area contributed by atoms with Crippen LogP contribution >= 0.6 is 11.6 Å². The number of hydrogen-bond donors (Lipinski definition) is 1. The lowest BCUT2D eigenvalue weighted by Crippen LogP contribution is -2.56. The highest BCUT2D eigenvalue weighted by Crippen LogP contribution is 2.39. The van der Waals surface area contributed by atoms with Crippen molar-refractivity contribution < 1.29 is 27.6 Å². The molecule has 0 spiro atoms. The van der Waals surface area contributed by atoms with Gasteiger partial charge in [0.25, 0.3) is 11.8 Å². The van der Waals surface area contributed by atoms with Crippen LogP contribution in [0.25, 0.3) is 0 Å². The molecule has 1 aliphatic carbocycles. The lowest BCUT2D eigenvalue weighted by Gasteiger charge is -2.39. The number of benzene rings is 1. The SMILES string of the molecule is N#Cc1ccnc(N2C(=O)CC[C@@H]2C(=O)N(c2cncc(F)c2)[C@H](C(=O)NC2CC(F)(F)C2)c2ccccc2Cl)c1. The fourth-order valence-electron chi connectivity index (χ4n) is 5.06. The number of hydrogen-bond acceptors (Lipinski definition) is 6. The standard InChI is InChI=1S/C28H22ClF3N6O3/c29-21-4-2-1-3-20(21)25(26(40)36-18-11-28(31,32)12-18)37(19-10-17(30)14-34-15-19)27(41)22-5-6-24(39)38(22)23-9-16(13-33)7-8-35-23/h1-4,7-10,14-15,18,22,25H,5-6,11-12H2,(H,36,40)/t22-,25+/m1/s1. The van der Waals surface area contributed by atoms with Crippen LogP contribution in [0.15, 0.2) is 61.1 Å². The fraction of sp³-hybridized carbons (Fsp3) is 0.286. The minimum absolute atomic E-state index is 0.0288. The summed E-state index contributed by atoms with van der Waals surface area (Å²) in [4.78, 5) is 51.2. The van der Waals surface area contributed by atoms with Gasteiger partial charge >= 0.3 is 0 Å². The summed E-state index contributed by atoms with van der Waals surface area (Å²) in [5, 5.41) is 12.0. The molecular weight excluding hydrogens is 561 g/mol. The molecule has 3 amide bonds. The lowest BCUT2D eigenvalue weighted by molar-refractivity contribution is -0.133. The Kier molecular flexibility index (Phi) is 7.64. The van der Waals surface area contributed by atoms with Gasteiger partial charge in [-0.25, -0.2) is 18.2 Å². The summed E-state index contributed by atoms with van der Waals surface area (Å²) in [5.74, 6) is -5.73. The van der Waals surface area contributed by atoms with Gasteiger partial charge in [-0.3, -0.25) is 29.2 Å². The summed E-state index contributed by atoms with van der Waals surface area (Å²) in [6.07, 6.45) is 2.25. The van der Waals surface area contributed by atoms with Crippen molar-refractivity contribution in [2.45, 2.75) is 49.7 Å². The van der Waals surface area contributed by atoms with Crippen molar-refractivity contribution in [2.24, 2.45) is 0 Å². The van der Waals surface area contributed by atoms with E-state index in [-0.39, 0.29) is 40.5 Å². The van der Waals surface area contributed by atoms with Crippen LogP contribution in [0.2, 0.25) is 5.02 Å². The van der Waals surface area contributed by atoms with Gasteiger partial charge in [0.05, 0.1) is 29.7 Å². The zero-order chi connectivity index (χ0) is 29.3. The molecule has 0 unspecified atom stereocenters. The Hall–Kier alpha value is -4.50. The molecular formula is C28H22ClF3N6O3. The number of carbonyl (C=O) groups excluding carboxylic acids is 3. The second kappa shape index (κ2) is 11.2. The predicted octanol–water partition coefficient (Wildman–Crippen LogP) is 4.32. The molecule has 2 aromatic heterocycles. The fourth-order valence-corrected chi connectivity index (χ4v) is 5.30. The van der Waals surface area contributed by atoms with Crippen LogP contribution < -0.4 is 15.1 Å². The monoisotopic (exact) mass is 582 g/mol. The number of rotatable bonds is 7. The Balaban J connectivity index is 1.61. The molecule has 13 heteroatoms. The molecule has 3 aromatic rings. The van der Waals surface area contributed by atoms with Crippen molar-refractivity contribution in [3.05, 3.63) is 83.0 Å². The van der Waals surface area contributed by atoms with Gasteiger partial charge in [0, 0.05) is 48.2 Å². The number of alkyl halides is 2.